The highest BCUT2D eigenvalue weighted by Gasteiger charge is 2.49. The second kappa shape index (κ2) is 12.8. The van der Waals surface area contributed by atoms with Crippen molar-refractivity contribution in [3.05, 3.63) is 65.7 Å². The number of rotatable bonds is 8. The Kier molecular flexibility index (Phi) is 9.09. The van der Waals surface area contributed by atoms with Gasteiger partial charge in [-0.15, -0.1) is 0 Å². The Labute approximate surface area is 242 Å². The van der Waals surface area contributed by atoms with Crippen molar-refractivity contribution in [3.8, 4) is 5.75 Å². The SMILES string of the molecule is CN1[C@@H]2CC[C@H]1C[C@@H](OC(=O)C(COC(=O)[C@H]1O[C@@H](OC(=O)c3ccc(O)cc3)[C@H](O)[C@@H](O)[C@@H]1O)c1ccccc1)C2. The van der Waals surface area contributed by atoms with Gasteiger partial charge in [0, 0.05) is 12.1 Å². The first-order valence-electron chi connectivity index (χ1n) is 14.0. The van der Waals surface area contributed by atoms with Crippen LogP contribution in [0.1, 0.15) is 47.5 Å². The summed E-state index contributed by atoms with van der Waals surface area (Å²) in [5.41, 5.74) is 0.567. The molecule has 5 rings (SSSR count). The van der Waals surface area contributed by atoms with Crippen molar-refractivity contribution < 1.29 is 53.8 Å². The number of benzene rings is 2. The summed E-state index contributed by atoms with van der Waals surface area (Å²) in [5.74, 6) is -3.71. The van der Waals surface area contributed by atoms with Gasteiger partial charge in [-0.25, -0.2) is 9.59 Å². The topological polar surface area (TPSA) is 172 Å². The van der Waals surface area contributed by atoms with E-state index >= 15 is 0 Å². The van der Waals surface area contributed by atoms with Gasteiger partial charge in [-0.1, -0.05) is 30.3 Å². The molecule has 0 radical (unpaired) electrons. The van der Waals surface area contributed by atoms with E-state index in [1.165, 1.54) is 24.3 Å². The molecule has 2 aromatic carbocycles. The Hall–Kier alpha value is -3.55. The van der Waals surface area contributed by atoms with Crippen LogP contribution >= 0.6 is 0 Å². The van der Waals surface area contributed by atoms with Gasteiger partial charge in [-0.3, -0.25) is 4.79 Å². The van der Waals surface area contributed by atoms with Gasteiger partial charge in [0.15, 0.2) is 6.10 Å². The van der Waals surface area contributed by atoms with E-state index in [9.17, 15) is 34.8 Å². The number of phenolic OH excluding ortho intramolecular Hbond substituents is 1. The number of aliphatic hydroxyl groups excluding tert-OH is 3. The number of piperidine rings is 1. The highest BCUT2D eigenvalue weighted by molar-refractivity contribution is 5.89. The lowest BCUT2D eigenvalue weighted by Crippen LogP contribution is -2.61. The Morgan fingerprint density at radius 2 is 1.55 bits per heavy atom. The van der Waals surface area contributed by atoms with Crippen LogP contribution in [0.15, 0.2) is 54.6 Å². The Morgan fingerprint density at radius 1 is 0.905 bits per heavy atom. The van der Waals surface area contributed by atoms with Crippen molar-refractivity contribution in [2.24, 2.45) is 0 Å². The van der Waals surface area contributed by atoms with E-state index < -0.39 is 61.1 Å². The predicted molar refractivity (Wildman–Crippen MR) is 144 cm³/mol. The fourth-order valence-corrected chi connectivity index (χ4v) is 5.85. The lowest BCUT2D eigenvalue weighted by molar-refractivity contribution is -0.280. The highest BCUT2D eigenvalue weighted by atomic mass is 16.7. The number of aromatic hydroxyl groups is 1. The van der Waals surface area contributed by atoms with Crippen LogP contribution in [-0.2, 0) is 28.5 Å². The number of aliphatic hydroxyl groups is 3. The van der Waals surface area contributed by atoms with Crippen LogP contribution in [0, 0.1) is 0 Å². The van der Waals surface area contributed by atoms with Crippen LogP contribution in [0.2, 0.25) is 0 Å². The first-order chi connectivity index (χ1) is 20.1. The van der Waals surface area contributed by atoms with Crippen LogP contribution in [0.4, 0.5) is 0 Å². The molecule has 2 aromatic rings. The minimum atomic E-state index is -1.91. The minimum absolute atomic E-state index is 0.00479. The third kappa shape index (κ3) is 6.42. The lowest BCUT2D eigenvalue weighted by Gasteiger charge is -2.38. The lowest BCUT2D eigenvalue weighted by atomic mass is 9.97. The van der Waals surface area contributed by atoms with Crippen LogP contribution in [0.3, 0.4) is 0 Å². The standard InChI is InChI=1S/C30H35NO11/c1-31-18-9-10-19(31)14-21(13-18)40-28(37)22(16-5-3-2-4-6-16)15-39-29(38)26-24(34)23(33)25(35)30(41-26)42-27(36)17-7-11-20(32)12-8-17/h2-8,11-12,18-19,21-26,30,32-35H,9-10,13-15H2,1H3/t18-,19+,21+,22?,23-,24-,25+,26-,30-/m0/s1. The molecule has 9 atom stereocenters. The average molecular weight is 586 g/mol. The maximum absolute atomic E-state index is 13.4. The van der Waals surface area contributed by atoms with Gasteiger partial charge in [0.25, 0.3) is 0 Å². The van der Waals surface area contributed by atoms with Crippen molar-refractivity contribution in [2.75, 3.05) is 13.7 Å². The second-order valence-corrected chi connectivity index (χ2v) is 11.0. The summed E-state index contributed by atoms with van der Waals surface area (Å²) < 4.78 is 21.8. The van der Waals surface area contributed by atoms with Gasteiger partial charge in [-0.2, -0.15) is 0 Å². The van der Waals surface area contributed by atoms with Crippen molar-refractivity contribution in [3.63, 3.8) is 0 Å². The summed E-state index contributed by atoms with van der Waals surface area (Å²) >= 11 is 0. The molecule has 3 saturated heterocycles. The van der Waals surface area contributed by atoms with Gasteiger partial charge < -0.3 is 44.3 Å². The quantitative estimate of drug-likeness (QED) is 0.255. The molecule has 0 aromatic heterocycles. The number of nitrogens with zero attached hydrogens (tertiary/aromatic N) is 1. The molecule has 42 heavy (non-hydrogen) atoms. The molecule has 2 bridgehead atoms. The van der Waals surface area contributed by atoms with E-state index in [4.69, 9.17) is 18.9 Å². The summed E-state index contributed by atoms with van der Waals surface area (Å²) in [6.45, 7) is -0.440. The monoisotopic (exact) mass is 585 g/mol. The number of phenols is 1. The molecule has 1 unspecified atom stereocenters. The van der Waals surface area contributed by atoms with E-state index in [0.717, 1.165) is 25.7 Å². The summed E-state index contributed by atoms with van der Waals surface area (Å²) in [5, 5.41) is 40.6. The number of hydrogen-bond acceptors (Lipinski definition) is 12. The summed E-state index contributed by atoms with van der Waals surface area (Å²) in [6.07, 6.45) is -6.03. The molecule has 0 amide bonds. The minimum Gasteiger partial charge on any atom is -0.508 e. The fraction of sp³-hybridized carbons (Fsp3) is 0.500. The zero-order chi connectivity index (χ0) is 30.0. The van der Waals surface area contributed by atoms with E-state index in [0.29, 0.717) is 17.6 Å². The number of hydrogen-bond donors (Lipinski definition) is 4. The Bertz CT molecular complexity index is 1240. The number of ether oxygens (including phenoxy) is 4. The summed E-state index contributed by atoms with van der Waals surface area (Å²) in [4.78, 5) is 41.2. The largest absolute Gasteiger partial charge is 0.508 e. The van der Waals surface area contributed by atoms with Crippen molar-refractivity contribution in [1.29, 1.82) is 0 Å². The fourth-order valence-electron chi connectivity index (χ4n) is 5.85. The molecule has 4 N–H and O–H groups in total. The zero-order valence-corrected chi connectivity index (χ0v) is 23.0. The average Bonchev–Trinajstić information content (AvgIpc) is 3.17. The molecule has 3 fully saturated rings. The van der Waals surface area contributed by atoms with Crippen molar-refractivity contribution >= 4 is 17.9 Å². The molecule has 12 nitrogen and oxygen atoms in total. The molecule has 3 heterocycles. The summed E-state index contributed by atoms with van der Waals surface area (Å²) in [6, 6.07) is 14.4. The third-order valence-electron chi connectivity index (χ3n) is 8.34. The predicted octanol–water partition coefficient (Wildman–Crippen LogP) is 0.852. The van der Waals surface area contributed by atoms with Gasteiger partial charge in [0.1, 0.15) is 42.7 Å². The van der Waals surface area contributed by atoms with Gasteiger partial charge in [0.2, 0.25) is 6.29 Å². The van der Waals surface area contributed by atoms with Crippen LogP contribution < -0.4 is 0 Å². The van der Waals surface area contributed by atoms with Crippen LogP contribution in [0.5, 0.6) is 5.75 Å². The van der Waals surface area contributed by atoms with Gasteiger partial charge in [-0.05, 0) is 62.6 Å². The molecule has 0 saturated carbocycles. The molecule has 226 valence electrons. The summed E-state index contributed by atoms with van der Waals surface area (Å²) in [7, 11) is 2.09. The molecule has 0 aliphatic carbocycles. The Morgan fingerprint density at radius 3 is 2.19 bits per heavy atom. The molecular formula is C30H35NO11. The maximum atomic E-state index is 13.4. The van der Waals surface area contributed by atoms with Gasteiger partial charge >= 0.3 is 17.9 Å². The zero-order valence-electron chi connectivity index (χ0n) is 23.0. The van der Waals surface area contributed by atoms with E-state index in [1.54, 1.807) is 30.3 Å². The van der Waals surface area contributed by atoms with Crippen LogP contribution in [-0.4, -0.2) is 106 Å². The number of carbonyl (C=O) groups excluding carboxylic acids is 3. The van der Waals surface area contributed by atoms with E-state index in [2.05, 4.69) is 11.9 Å². The first-order valence-corrected chi connectivity index (χ1v) is 14.0. The number of fused-ring (bicyclic) bond motifs is 2. The number of carbonyl (C=O) groups is 3. The van der Waals surface area contributed by atoms with Gasteiger partial charge in [0.05, 0.1) is 5.56 Å². The molecule has 3 aliphatic rings. The van der Waals surface area contributed by atoms with Crippen molar-refractivity contribution in [1.82, 2.24) is 4.90 Å². The molecular weight excluding hydrogens is 550 g/mol. The molecule has 12 heteroatoms. The first kappa shape index (κ1) is 29.9. The maximum Gasteiger partial charge on any atom is 0.340 e. The van der Waals surface area contributed by atoms with Crippen LogP contribution in [0.25, 0.3) is 0 Å². The normalized spacial score (nSPS) is 31.6. The van der Waals surface area contributed by atoms with Crippen molar-refractivity contribution in [2.45, 2.75) is 80.5 Å². The molecule has 0 spiro atoms. The van der Waals surface area contributed by atoms with E-state index in [1.807, 2.05) is 0 Å². The Balaban J connectivity index is 1.24. The smallest absolute Gasteiger partial charge is 0.340 e. The van der Waals surface area contributed by atoms with E-state index in [-0.39, 0.29) is 17.4 Å². The highest BCUT2D eigenvalue weighted by Crippen LogP contribution is 2.36. The second-order valence-electron chi connectivity index (χ2n) is 11.0. The number of esters is 3. The third-order valence-corrected chi connectivity index (χ3v) is 8.34. The molecule has 3 aliphatic heterocycles.